The number of hydrogen-bond acceptors (Lipinski definition) is 3. The summed E-state index contributed by atoms with van der Waals surface area (Å²) in [6.45, 7) is 0.962. The first kappa shape index (κ1) is 19.2. The molecule has 0 aliphatic carbocycles. The maximum Gasteiger partial charge on any atom is 0.573 e. The number of para-hydroxylation sites is 1. The van der Waals surface area contributed by atoms with E-state index in [1.165, 1.54) is 18.2 Å². The Bertz CT molecular complexity index is 780. The maximum atomic E-state index is 12.5. The minimum atomic E-state index is -4.76. The quantitative estimate of drug-likeness (QED) is 0.867. The summed E-state index contributed by atoms with van der Waals surface area (Å²) >= 11 is 0. The Labute approximate surface area is 155 Å². The summed E-state index contributed by atoms with van der Waals surface area (Å²) in [5.74, 6) is -0.320. The molecule has 1 heterocycles. The highest BCUT2D eigenvalue weighted by Crippen LogP contribution is 2.29. The molecule has 1 aliphatic heterocycles. The van der Waals surface area contributed by atoms with E-state index in [2.05, 4.69) is 4.74 Å². The second-order valence-electron chi connectivity index (χ2n) is 6.64. The van der Waals surface area contributed by atoms with Crippen molar-refractivity contribution in [3.63, 3.8) is 0 Å². The average Bonchev–Trinajstić information content (AvgIpc) is 3.02. The molecule has 1 aliphatic rings. The highest BCUT2D eigenvalue weighted by atomic mass is 19.4. The van der Waals surface area contributed by atoms with Crippen molar-refractivity contribution in [3.8, 4) is 5.75 Å². The van der Waals surface area contributed by atoms with Gasteiger partial charge >= 0.3 is 6.36 Å². The molecule has 0 radical (unpaired) electrons. The van der Waals surface area contributed by atoms with Gasteiger partial charge in [0.1, 0.15) is 5.75 Å². The van der Waals surface area contributed by atoms with E-state index in [4.69, 9.17) is 5.73 Å². The van der Waals surface area contributed by atoms with Crippen LogP contribution in [0.3, 0.4) is 0 Å². The highest BCUT2D eigenvalue weighted by Gasteiger charge is 2.34. The lowest BCUT2D eigenvalue weighted by molar-refractivity contribution is -0.274. The number of nitrogens with two attached hydrogens (primary N) is 1. The number of nitrogens with zero attached hydrogens (tertiary/aromatic N) is 1. The van der Waals surface area contributed by atoms with Gasteiger partial charge in [-0.2, -0.15) is 0 Å². The van der Waals surface area contributed by atoms with E-state index >= 15 is 0 Å². The smallest absolute Gasteiger partial charge is 0.406 e. The lowest BCUT2D eigenvalue weighted by Gasteiger charge is -2.17. The Morgan fingerprint density at radius 2 is 1.74 bits per heavy atom. The fourth-order valence-corrected chi connectivity index (χ4v) is 3.42. The van der Waals surface area contributed by atoms with Crippen LogP contribution in [0, 0.1) is 0 Å². The van der Waals surface area contributed by atoms with Crippen LogP contribution in [0.2, 0.25) is 0 Å². The van der Waals surface area contributed by atoms with E-state index in [1.807, 2.05) is 30.3 Å². The Morgan fingerprint density at radius 3 is 2.44 bits per heavy atom. The molecule has 2 aromatic carbocycles. The van der Waals surface area contributed by atoms with Crippen LogP contribution < -0.4 is 10.5 Å². The van der Waals surface area contributed by atoms with Crippen LogP contribution >= 0.6 is 0 Å². The normalized spacial score (nSPS) is 19.9. The fraction of sp³-hybridized carbons (Fsp3) is 0.350. The molecule has 27 heavy (non-hydrogen) atoms. The molecule has 1 saturated heterocycles. The van der Waals surface area contributed by atoms with E-state index < -0.39 is 6.36 Å². The predicted octanol–water partition coefficient (Wildman–Crippen LogP) is 3.47. The van der Waals surface area contributed by atoms with Crippen LogP contribution in [0.4, 0.5) is 13.2 Å². The molecule has 144 valence electrons. The van der Waals surface area contributed by atoms with Crippen molar-refractivity contribution < 1.29 is 22.7 Å². The number of alkyl halides is 3. The van der Waals surface area contributed by atoms with Crippen LogP contribution in [-0.4, -0.2) is 36.3 Å². The number of halogens is 3. The van der Waals surface area contributed by atoms with Crippen molar-refractivity contribution in [3.05, 3.63) is 65.7 Å². The minimum absolute atomic E-state index is 0.0657. The number of amides is 1. The molecule has 2 atom stereocenters. The largest absolute Gasteiger partial charge is 0.573 e. The monoisotopic (exact) mass is 378 g/mol. The summed E-state index contributed by atoms with van der Waals surface area (Å²) in [6.07, 6.45) is -4.48. The molecule has 2 aromatic rings. The van der Waals surface area contributed by atoms with E-state index in [1.54, 1.807) is 11.0 Å². The van der Waals surface area contributed by atoms with Crippen molar-refractivity contribution in [2.24, 2.45) is 5.73 Å². The van der Waals surface area contributed by atoms with Crippen molar-refractivity contribution in [1.29, 1.82) is 0 Å². The Hall–Kier alpha value is -2.54. The molecular weight excluding hydrogens is 357 g/mol. The third-order valence-electron chi connectivity index (χ3n) is 4.75. The van der Waals surface area contributed by atoms with Gasteiger partial charge in [0.05, 0.1) is 0 Å². The first-order valence-electron chi connectivity index (χ1n) is 8.75. The second-order valence-corrected chi connectivity index (χ2v) is 6.64. The third-order valence-corrected chi connectivity index (χ3v) is 4.75. The molecule has 3 rings (SSSR count). The van der Waals surface area contributed by atoms with Gasteiger partial charge in [0, 0.05) is 31.5 Å². The van der Waals surface area contributed by atoms with Gasteiger partial charge in [-0.3, -0.25) is 4.79 Å². The molecule has 1 fully saturated rings. The summed E-state index contributed by atoms with van der Waals surface area (Å²) in [5.41, 5.74) is 7.64. The first-order chi connectivity index (χ1) is 12.8. The molecule has 2 N–H and O–H groups in total. The van der Waals surface area contributed by atoms with Gasteiger partial charge < -0.3 is 15.4 Å². The Balaban J connectivity index is 1.61. The SMILES string of the molecule is N[C@@H]1CN(C(=O)CCc2ccccc2OC(F)(F)F)C[C@H]1c1ccccc1. The summed E-state index contributed by atoms with van der Waals surface area (Å²) in [5, 5.41) is 0. The zero-order valence-corrected chi connectivity index (χ0v) is 14.7. The second kappa shape index (κ2) is 8.00. The summed E-state index contributed by atoms with van der Waals surface area (Å²) in [4.78, 5) is 14.2. The summed E-state index contributed by atoms with van der Waals surface area (Å²) < 4.78 is 41.5. The number of carbonyl (C=O) groups excluding carboxylic acids is 1. The highest BCUT2D eigenvalue weighted by molar-refractivity contribution is 5.77. The Morgan fingerprint density at radius 1 is 1.07 bits per heavy atom. The number of rotatable bonds is 5. The van der Waals surface area contributed by atoms with E-state index in [0.29, 0.717) is 18.7 Å². The summed E-state index contributed by atoms with van der Waals surface area (Å²) in [7, 11) is 0. The van der Waals surface area contributed by atoms with Crippen molar-refractivity contribution >= 4 is 5.91 Å². The van der Waals surface area contributed by atoms with Crippen LogP contribution in [-0.2, 0) is 11.2 Å². The van der Waals surface area contributed by atoms with Crippen molar-refractivity contribution in [2.45, 2.75) is 31.2 Å². The molecule has 0 spiro atoms. The van der Waals surface area contributed by atoms with E-state index in [0.717, 1.165) is 5.56 Å². The van der Waals surface area contributed by atoms with Gasteiger partial charge in [0.2, 0.25) is 5.91 Å². The molecule has 4 nitrogen and oxygen atoms in total. The lowest BCUT2D eigenvalue weighted by atomic mass is 9.95. The lowest BCUT2D eigenvalue weighted by Crippen LogP contribution is -2.32. The number of ether oxygens (including phenoxy) is 1. The van der Waals surface area contributed by atoms with Crippen LogP contribution in [0.5, 0.6) is 5.75 Å². The molecule has 7 heteroatoms. The number of carbonyl (C=O) groups is 1. The van der Waals surface area contributed by atoms with Gasteiger partial charge in [-0.25, -0.2) is 0 Å². The first-order valence-corrected chi connectivity index (χ1v) is 8.75. The van der Waals surface area contributed by atoms with Gasteiger partial charge in [0.15, 0.2) is 0 Å². The maximum absolute atomic E-state index is 12.5. The van der Waals surface area contributed by atoms with Crippen LogP contribution in [0.25, 0.3) is 0 Å². The molecular formula is C20H21F3N2O2. The molecule has 0 aromatic heterocycles. The molecule has 1 amide bonds. The topological polar surface area (TPSA) is 55.6 Å². The van der Waals surface area contributed by atoms with Gasteiger partial charge in [0.25, 0.3) is 0 Å². The van der Waals surface area contributed by atoms with E-state index in [9.17, 15) is 18.0 Å². The zero-order valence-electron chi connectivity index (χ0n) is 14.7. The fourth-order valence-electron chi connectivity index (χ4n) is 3.42. The van der Waals surface area contributed by atoms with Gasteiger partial charge in [-0.05, 0) is 23.6 Å². The summed E-state index contributed by atoms with van der Waals surface area (Å²) in [6, 6.07) is 15.5. The number of aryl methyl sites for hydroxylation is 1. The number of likely N-dealkylation sites (tertiary alicyclic amines) is 1. The molecule has 0 saturated carbocycles. The predicted molar refractivity (Wildman–Crippen MR) is 95.2 cm³/mol. The molecule has 0 unspecified atom stereocenters. The van der Waals surface area contributed by atoms with E-state index in [-0.39, 0.29) is 36.5 Å². The van der Waals surface area contributed by atoms with Crippen molar-refractivity contribution in [1.82, 2.24) is 4.90 Å². The Kier molecular flexibility index (Phi) is 5.70. The van der Waals surface area contributed by atoms with Gasteiger partial charge in [-0.15, -0.1) is 13.2 Å². The van der Waals surface area contributed by atoms with Crippen molar-refractivity contribution in [2.75, 3.05) is 13.1 Å². The molecule has 0 bridgehead atoms. The zero-order chi connectivity index (χ0) is 19.4. The standard InChI is InChI=1S/C20H21F3N2O2/c21-20(22,23)27-18-9-5-4-8-15(18)10-11-19(26)25-12-16(17(24)13-25)14-6-2-1-3-7-14/h1-9,16-17H,10-13,24H2/t16-,17+/m0/s1. The average molecular weight is 378 g/mol. The van der Waals surface area contributed by atoms with Gasteiger partial charge in [-0.1, -0.05) is 48.5 Å². The minimum Gasteiger partial charge on any atom is -0.406 e. The number of benzene rings is 2. The number of hydrogen-bond donors (Lipinski definition) is 1. The third kappa shape index (κ3) is 5.01. The van der Waals surface area contributed by atoms with Crippen LogP contribution in [0.15, 0.2) is 54.6 Å². The van der Waals surface area contributed by atoms with Crippen LogP contribution in [0.1, 0.15) is 23.5 Å².